The Balaban J connectivity index is 1.93. The van der Waals surface area contributed by atoms with Crippen LogP contribution in [0.15, 0.2) is 6.20 Å². The lowest BCUT2D eigenvalue weighted by Crippen LogP contribution is -2.40. The predicted octanol–water partition coefficient (Wildman–Crippen LogP) is 1.38. The van der Waals surface area contributed by atoms with Crippen LogP contribution in [0.2, 0.25) is 0 Å². The summed E-state index contributed by atoms with van der Waals surface area (Å²) >= 11 is 0. The Morgan fingerprint density at radius 1 is 1.59 bits per heavy atom. The molecular formula is C16H23N3O3. The highest BCUT2D eigenvalue weighted by atomic mass is 16.5. The fourth-order valence-corrected chi connectivity index (χ4v) is 3.34. The van der Waals surface area contributed by atoms with E-state index in [-0.39, 0.29) is 0 Å². The first kappa shape index (κ1) is 15.2. The number of aromatic carboxylic acids is 1. The first-order chi connectivity index (χ1) is 10.6. The van der Waals surface area contributed by atoms with Crippen LogP contribution >= 0.6 is 0 Å². The van der Waals surface area contributed by atoms with Crippen LogP contribution in [-0.4, -0.2) is 60.4 Å². The third kappa shape index (κ3) is 2.68. The molecule has 0 radical (unpaired) electrons. The van der Waals surface area contributed by atoms with Gasteiger partial charge in [0.05, 0.1) is 6.61 Å². The largest absolute Gasteiger partial charge is 0.478 e. The van der Waals surface area contributed by atoms with Crippen LogP contribution < -0.4 is 4.90 Å². The van der Waals surface area contributed by atoms with Crippen molar-refractivity contribution in [3.63, 3.8) is 0 Å². The van der Waals surface area contributed by atoms with Gasteiger partial charge >= 0.3 is 5.97 Å². The lowest BCUT2D eigenvalue weighted by molar-refractivity contribution is 0.0694. The average molecular weight is 305 g/mol. The average Bonchev–Trinajstić information content (AvgIpc) is 3.06. The highest BCUT2D eigenvalue weighted by molar-refractivity contribution is 5.95. The molecule has 1 fully saturated rings. The van der Waals surface area contributed by atoms with E-state index in [1.807, 2.05) is 25.1 Å². The Kier molecular flexibility index (Phi) is 4.31. The maximum Gasteiger partial charge on any atom is 0.339 e. The Hall–Kier alpha value is -1.66. The number of anilines is 1. The van der Waals surface area contributed by atoms with Crippen LogP contribution in [-0.2, 0) is 17.7 Å². The van der Waals surface area contributed by atoms with Gasteiger partial charge in [-0.25, -0.2) is 9.78 Å². The van der Waals surface area contributed by atoms with Gasteiger partial charge < -0.3 is 14.7 Å². The number of fused-ring (bicyclic) bond motifs is 1. The summed E-state index contributed by atoms with van der Waals surface area (Å²) in [5.41, 5.74) is 2.38. The number of carbonyl (C=O) groups is 1. The van der Waals surface area contributed by atoms with Crippen molar-refractivity contribution < 1.29 is 14.6 Å². The van der Waals surface area contributed by atoms with Gasteiger partial charge in [0.2, 0.25) is 0 Å². The molecule has 6 heteroatoms. The van der Waals surface area contributed by atoms with Gasteiger partial charge in [0, 0.05) is 45.5 Å². The number of hydrogen-bond donors (Lipinski definition) is 1. The summed E-state index contributed by atoms with van der Waals surface area (Å²) in [4.78, 5) is 20.5. The van der Waals surface area contributed by atoms with E-state index in [9.17, 15) is 9.90 Å². The fraction of sp³-hybridized carbons (Fsp3) is 0.625. The first-order valence-corrected chi connectivity index (χ1v) is 7.88. The van der Waals surface area contributed by atoms with Gasteiger partial charge in [-0.2, -0.15) is 0 Å². The molecule has 3 heterocycles. The molecule has 22 heavy (non-hydrogen) atoms. The SMILES string of the molecule is CCN(C)c1ncc2c(c1C(=O)O)CCN([C@H]1CCOC1)C2. The van der Waals surface area contributed by atoms with Crippen molar-refractivity contribution in [1.29, 1.82) is 0 Å². The Labute approximate surface area is 130 Å². The van der Waals surface area contributed by atoms with Gasteiger partial charge in [0.15, 0.2) is 0 Å². The van der Waals surface area contributed by atoms with Gasteiger partial charge in [-0.15, -0.1) is 0 Å². The van der Waals surface area contributed by atoms with Crippen LogP contribution in [0.3, 0.4) is 0 Å². The Bertz CT molecular complexity index is 570. The minimum atomic E-state index is -0.878. The zero-order valence-corrected chi connectivity index (χ0v) is 13.2. The molecule has 0 unspecified atom stereocenters. The van der Waals surface area contributed by atoms with E-state index in [4.69, 9.17) is 4.74 Å². The standard InChI is InChI=1S/C16H23N3O3/c1-3-18(2)15-14(16(20)21)13-4-6-19(9-11(13)8-17-15)12-5-7-22-10-12/h8,12H,3-7,9-10H2,1-2H3,(H,20,21)/t12-/m0/s1. The quantitative estimate of drug-likeness (QED) is 0.906. The Morgan fingerprint density at radius 2 is 2.41 bits per heavy atom. The van der Waals surface area contributed by atoms with Crippen LogP contribution in [0.5, 0.6) is 0 Å². The van der Waals surface area contributed by atoms with E-state index in [0.29, 0.717) is 17.4 Å². The van der Waals surface area contributed by atoms with Crippen LogP contribution in [0.4, 0.5) is 5.82 Å². The van der Waals surface area contributed by atoms with Crippen molar-refractivity contribution >= 4 is 11.8 Å². The van der Waals surface area contributed by atoms with Crippen molar-refractivity contribution in [1.82, 2.24) is 9.88 Å². The number of hydrogen-bond acceptors (Lipinski definition) is 5. The summed E-state index contributed by atoms with van der Waals surface area (Å²) in [7, 11) is 1.88. The summed E-state index contributed by atoms with van der Waals surface area (Å²) in [6.45, 7) is 6.00. The summed E-state index contributed by atoms with van der Waals surface area (Å²) in [5, 5.41) is 9.64. The van der Waals surface area contributed by atoms with E-state index in [2.05, 4.69) is 9.88 Å². The number of aromatic nitrogens is 1. The third-order valence-electron chi connectivity index (χ3n) is 4.75. The monoisotopic (exact) mass is 305 g/mol. The van der Waals surface area contributed by atoms with Crippen LogP contribution in [0.1, 0.15) is 34.8 Å². The first-order valence-electron chi connectivity index (χ1n) is 7.88. The molecule has 0 aliphatic carbocycles. The van der Waals surface area contributed by atoms with Crippen LogP contribution in [0, 0.1) is 0 Å². The highest BCUT2D eigenvalue weighted by Crippen LogP contribution is 2.30. The number of pyridine rings is 1. The minimum Gasteiger partial charge on any atom is -0.478 e. The second-order valence-corrected chi connectivity index (χ2v) is 6.02. The van der Waals surface area contributed by atoms with E-state index < -0.39 is 5.97 Å². The fourth-order valence-electron chi connectivity index (χ4n) is 3.34. The molecule has 1 aromatic rings. The molecule has 0 amide bonds. The molecule has 1 N–H and O–H groups in total. The predicted molar refractivity (Wildman–Crippen MR) is 83.5 cm³/mol. The Morgan fingerprint density at radius 3 is 3.05 bits per heavy atom. The van der Waals surface area contributed by atoms with Gasteiger partial charge in [-0.3, -0.25) is 4.90 Å². The lowest BCUT2D eigenvalue weighted by Gasteiger charge is -2.34. The number of carboxylic acid groups (broad SMARTS) is 1. The second-order valence-electron chi connectivity index (χ2n) is 6.02. The van der Waals surface area contributed by atoms with Crippen molar-refractivity contribution in [3.05, 3.63) is 22.9 Å². The second kappa shape index (κ2) is 6.22. The van der Waals surface area contributed by atoms with E-state index in [1.165, 1.54) is 0 Å². The van der Waals surface area contributed by atoms with Gasteiger partial charge in [0.1, 0.15) is 11.4 Å². The molecule has 3 rings (SSSR count). The van der Waals surface area contributed by atoms with Crippen molar-refractivity contribution in [2.24, 2.45) is 0 Å². The maximum atomic E-state index is 11.8. The number of carboxylic acids is 1. The molecule has 1 saturated heterocycles. The molecule has 1 aromatic heterocycles. The number of rotatable bonds is 4. The minimum absolute atomic E-state index is 0.379. The topological polar surface area (TPSA) is 65.9 Å². The van der Waals surface area contributed by atoms with Crippen molar-refractivity contribution in [3.8, 4) is 0 Å². The summed E-state index contributed by atoms with van der Waals surface area (Å²) in [6, 6.07) is 0.458. The summed E-state index contributed by atoms with van der Waals surface area (Å²) in [6.07, 6.45) is 3.68. The molecule has 1 atom stereocenters. The highest BCUT2D eigenvalue weighted by Gasteiger charge is 2.30. The van der Waals surface area contributed by atoms with Crippen molar-refractivity contribution in [2.45, 2.75) is 32.4 Å². The molecule has 2 aliphatic rings. The summed E-state index contributed by atoms with van der Waals surface area (Å²) in [5.74, 6) is -0.302. The normalized spacial score (nSPS) is 21.6. The summed E-state index contributed by atoms with van der Waals surface area (Å²) < 4.78 is 5.47. The van der Waals surface area contributed by atoms with E-state index in [1.54, 1.807) is 0 Å². The zero-order chi connectivity index (χ0) is 15.7. The smallest absolute Gasteiger partial charge is 0.339 e. The molecule has 0 spiro atoms. The number of nitrogens with zero attached hydrogens (tertiary/aromatic N) is 3. The third-order valence-corrected chi connectivity index (χ3v) is 4.75. The number of ether oxygens (including phenoxy) is 1. The van der Waals surface area contributed by atoms with Crippen molar-refractivity contribution in [2.75, 3.05) is 38.3 Å². The maximum absolute atomic E-state index is 11.8. The van der Waals surface area contributed by atoms with Gasteiger partial charge in [-0.1, -0.05) is 0 Å². The van der Waals surface area contributed by atoms with Gasteiger partial charge in [0.25, 0.3) is 0 Å². The molecule has 0 saturated carbocycles. The zero-order valence-electron chi connectivity index (χ0n) is 13.2. The van der Waals surface area contributed by atoms with Crippen LogP contribution in [0.25, 0.3) is 0 Å². The van der Waals surface area contributed by atoms with E-state index >= 15 is 0 Å². The lowest BCUT2D eigenvalue weighted by atomic mass is 9.95. The molecular weight excluding hydrogens is 282 g/mol. The molecule has 120 valence electrons. The van der Waals surface area contributed by atoms with E-state index in [0.717, 1.165) is 56.8 Å². The molecule has 6 nitrogen and oxygen atoms in total. The molecule has 0 bridgehead atoms. The van der Waals surface area contributed by atoms with Gasteiger partial charge in [-0.05, 0) is 30.9 Å². The molecule has 2 aliphatic heterocycles. The molecule has 0 aromatic carbocycles.